The number of carboxylic acids is 1. The fourth-order valence-corrected chi connectivity index (χ4v) is 4.38. The Morgan fingerprint density at radius 3 is 2.39 bits per heavy atom. The Morgan fingerprint density at radius 1 is 1.09 bits per heavy atom. The third kappa shape index (κ3) is 7.94. The van der Waals surface area contributed by atoms with Crippen LogP contribution in [0.15, 0.2) is 53.0 Å². The maximum absolute atomic E-state index is 14.9. The molecule has 2 aromatic heterocycles. The monoisotopic (exact) mass is 657 g/mol. The lowest BCUT2D eigenvalue weighted by molar-refractivity contribution is -0.299. The first-order valence-corrected chi connectivity index (χ1v) is 13.8. The number of hydrogen-bond acceptors (Lipinski definition) is 9. The van der Waals surface area contributed by atoms with E-state index in [4.69, 9.17) is 13.9 Å². The largest absolute Gasteiger partial charge is 0.480 e. The summed E-state index contributed by atoms with van der Waals surface area (Å²) in [4.78, 5) is 28.4. The number of carbonyl (C=O) groups excluding carboxylic acids is 1. The number of hydrogen-bond donors (Lipinski definition) is 3. The van der Waals surface area contributed by atoms with E-state index in [1.165, 1.54) is 45.1 Å². The van der Waals surface area contributed by atoms with E-state index in [-0.39, 0.29) is 6.42 Å². The molecular formula is C29H29F6N5O6. The van der Waals surface area contributed by atoms with Crippen LogP contribution in [0.4, 0.5) is 42.6 Å². The molecule has 0 fully saturated rings. The van der Waals surface area contributed by atoms with E-state index in [0.717, 1.165) is 0 Å². The molecule has 3 aromatic rings. The topological polar surface area (TPSA) is 149 Å². The lowest BCUT2D eigenvalue weighted by Crippen LogP contribution is -2.45. The van der Waals surface area contributed by atoms with Crippen molar-refractivity contribution in [1.29, 1.82) is 0 Å². The number of amides is 1. The van der Waals surface area contributed by atoms with Gasteiger partial charge >= 0.3 is 24.4 Å². The van der Waals surface area contributed by atoms with Gasteiger partial charge in [-0.05, 0) is 51.7 Å². The molecule has 1 aromatic carbocycles. The van der Waals surface area contributed by atoms with Crippen molar-refractivity contribution in [2.24, 2.45) is 0 Å². The highest BCUT2D eigenvalue weighted by molar-refractivity contribution is 5.90. The van der Waals surface area contributed by atoms with E-state index in [2.05, 4.69) is 25.8 Å². The van der Waals surface area contributed by atoms with Gasteiger partial charge in [-0.3, -0.25) is 5.32 Å². The van der Waals surface area contributed by atoms with Crippen LogP contribution in [0.5, 0.6) is 0 Å². The van der Waals surface area contributed by atoms with Gasteiger partial charge in [0.2, 0.25) is 5.60 Å². The maximum Gasteiger partial charge on any atom is 0.426 e. The van der Waals surface area contributed by atoms with E-state index in [9.17, 15) is 41.0 Å². The Balaban J connectivity index is 1.94. The Labute approximate surface area is 258 Å². The molecule has 4 bridgehead atoms. The van der Waals surface area contributed by atoms with Crippen LogP contribution in [0, 0.1) is 0 Å². The average Bonchev–Trinajstić information content (AvgIpc) is 3.42. The molecule has 1 aliphatic heterocycles. The van der Waals surface area contributed by atoms with Gasteiger partial charge in [-0.25, -0.2) is 14.6 Å². The van der Waals surface area contributed by atoms with Crippen LogP contribution in [-0.4, -0.2) is 50.2 Å². The molecule has 2 unspecified atom stereocenters. The molecule has 2 atom stereocenters. The second-order valence-corrected chi connectivity index (χ2v) is 11.2. The number of nitrogens with zero attached hydrogens (tertiary/aromatic N) is 3. The number of carbonyl (C=O) groups is 2. The number of halogens is 6. The fourth-order valence-electron chi connectivity index (χ4n) is 4.38. The van der Waals surface area contributed by atoms with Gasteiger partial charge < -0.3 is 24.3 Å². The predicted octanol–water partition coefficient (Wildman–Crippen LogP) is 7.08. The summed E-state index contributed by atoms with van der Waals surface area (Å²) in [5.74, 6) is -4.48. The third-order valence-electron chi connectivity index (χ3n) is 6.53. The van der Waals surface area contributed by atoms with Crippen molar-refractivity contribution >= 4 is 23.6 Å². The number of alkyl halides is 6. The highest BCUT2D eigenvalue weighted by atomic mass is 19.4. The van der Waals surface area contributed by atoms with Crippen molar-refractivity contribution in [3.05, 3.63) is 65.6 Å². The zero-order valence-electron chi connectivity index (χ0n) is 24.6. The molecule has 0 aliphatic carbocycles. The summed E-state index contributed by atoms with van der Waals surface area (Å²) in [5, 5.41) is 21.3. The normalized spacial score (nSPS) is 19.8. The zero-order valence-corrected chi connectivity index (χ0v) is 24.6. The number of carboxylic acid groups (broad SMARTS) is 1. The van der Waals surface area contributed by atoms with E-state index >= 15 is 0 Å². The average molecular weight is 658 g/mol. The first-order valence-electron chi connectivity index (χ1n) is 13.8. The van der Waals surface area contributed by atoms with Crippen molar-refractivity contribution in [2.45, 2.75) is 76.2 Å². The summed E-state index contributed by atoms with van der Waals surface area (Å²) in [5.41, 5.74) is -6.84. The first-order chi connectivity index (χ1) is 21.4. The van der Waals surface area contributed by atoms with Gasteiger partial charge in [0.1, 0.15) is 17.5 Å². The minimum absolute atomic E-state index is 0.332. The number of nitrogens with one attached hydrogen (secondary N) is 2. The van der Waals surface area contributed by atoms with Gasteiger partial charge in [0.15, 0.2) is 5.69 Å². The van der Waals surface area contributed by atoms with Crippen molar-refractivity contribution < 1.29 is 54.9 Å². The lowest BCUT2D eigenvalue weighted by Gasteiger charge is -2.32. The molecular weight excluding hydrogens is 628 g/mol. The number of aliphatic carboxylic acids is 1. The van der Waals surface area contributed by atoms with Crippen molar-refractivity contribution in [3.63, 3.8) is 0 Å². The molecule has 0 saturated carbocycles. The Bertz CT molecular complexity index is 1590. The van der Waals surface area contributed by atoms with Crippen molar-refractivity contribution in [3.8, 4) is 11.6 Å². The smallest absolute Gasteiger partial charge is 0.426 e. The Kier molecular flexibility index (Phi) is 9.65. The van der Waals surface area contributed by atoms with Gasteiger partial charge in [0.25, 0.3) is 11.8 Å². The number of rotatable bonds is 5. The number of aromatic nitrogens is 3. The van der Waals surface area contributed by atoms with Crippen LogP contribution in [0.3, 0.4) is 0 Å². The summed E-state index contributed by atoms with van der Waals surface area (Å²) in [6.07, 6.45) is -10.6. The molecule has 1 amide bonds. The lowest BCUT2D eigenvalue weighted by atomic mass is 9.95. The van der Waals surface area contributed by atoms with Crippen molar-refractivity contribution in [2.75, 3.05) is 10.6 Å². The molecule has 248 valence electrons. The van der Waals surface area contributed by atoms with E-state index in [1.807, 2.05) is 0 Å². The molecule has 0 saturated heterocycles. The molecule has 3 N–H and O–H groups in total. The van der Waals surface area contributed by atoms with Crippen LogP contribution in [-0.2, 0) is 32.7 Å². The molecule has 17 heteroatoms. The quantitative estimate of drug-likeness (QED) is 0.192. The standard InChI is InChI=1S/C29H29F6N5O6/c1-26(2,3)46-25(43)37-19-14-17(28(30,31)32)21-36-18(23(41)42)12-8-5-9-13-27(29(33,34)35,44-15-16-10-6-4-7-11-16)24-40-39-22(45-24)20(19)38-21/h4-8,10-11,14,18H,9,12-13,15H2,1-3H3,(H,36,38)(H,37,43)(H,41,42)/b8-5-. The van der Waals surface area contributed by atoms with E-state index < -0.39 is 95.7 Å². The van der Waals surface area contributed by atoms with Crippen LogP contribution >= 0.6 is 0 Å². The van der Waals surface area contributed by atoms with Gasteiger partial charge in [-0.15, -0.1) is 10.2 Å². The van der Waals surface area contributed by atoms with Gasteiger partial charge in [-0.1, -0.05) is 42.5 Å². The fraction of sp³-hybridized carbons (Fsp3) is 0.414. The second kappa shape index (κ2) is 13.0. The van der Waals surface area contributed by atoms with Crippen LogP contribution in [0.2, 0.25) is 0 Å². The summed E-state index contributed by atoms with van der Waals surface area (Å²) in [6.45, 7) is 3.92. The summed E-state index contributed by atoms with van der Waals surface area (Å²) in [7, 11) is 0. The van der Waals surface area contributed by atoms with Crippen LogP contribution < -0.4 is 10.6 Å². The number of fused-ring (bicyclic) bond motifs is 5. The highest BCUT2D eigenvalue weighted by Gasteiger charge is 2.61. The maximum atomic E-state index is 14.9. The number of benzene rings is 1. The highest BCUT2D eigenvalue weighted by Crippen LogP contribution is 2.47. The van der Waals surface area contributed by atoms with Crippen molar-refractivity contribution in [1.82, 2.24) is 15.2 Å². The summed E-state index contributed by atoms with van der Waals surface area (Å²) < 4.78 is 104. The first kappa shape index (κ1) is 34.2. The van der Waals surface area contributed by atoms with Crippen LogP contribution in [0.1, 0.15) is 57.1 Å². The molecule has 0 radical (unpaired) electrons. The number of allylic oxidation sites excluding steroid dienone is 1. The molecule has 4 rings (SSSR count). The van der Waals surface area contributed by atoms with Gasteiger partial charge in [0, 0.05) is 0 Å². The molecule has 0 spiro atoms. The Hall–Kier alpha value is -4.67. The third-order valence-corrected chi connectivity index (χ3v) is 6.53. The molecule has 1 aliphatic rings. The minimum Gasteiger partial charge on any atom is -0.480 e. The second-order valence-electron chi connectivity index (χ2n) is 11.2. The van der Waals surface area contributed by atoms with E-state index in [1.54, 1.807) is 18.2 Å². The Morgan fingerprint density at radius 2 is 1.78 bits per heavy atom. The number of pyridine rings is 1. The van der Waals surface area contributed by atoms with Crippen LogP contribution in [0.25, 0.3) is 11.6 Å². The predicted molar refractivity (Wildman–Crippen MR) is 149 cm³/mol. The zero-order chi connectivity index (χ0) is 33.9. The summed E-state index contributed by atoms with van der Waals surface area (Å²) >= 11 is 0. The number of anilines is 2. The summed E-state index contributed by atoms with van der Waals surface area (Å²) in [6, 6.07) is 6.64. The van der Waals surface area contributed by atoms with Gasteiger partial charge in [0.05, 0.1) is 17.9 Å². The van der Waals surface area contributed by atoms with Gasteiger partial charge in [-0.2, -0.15) is 26.3 Å². The number of ether oxygens (including phenoxy) is 2. The minimum atomic E-state index is -5.15. The van der Waals surface area contributed by atoms with E-state index in [0.29, 0.717) is 11.6 Å². The molecule has 46 heavy (non-hydrogen) atoms. The molecule has 11 nitrogen and oxygen atoms in total. The molecule has 3 heterocycles. The SMILES string of the molecule is CC(C)(C)OC(=O)Nc1cc(C(F)(F)F)c2nc1-c1nnc(o1)C(OCc1ccccc1)(C(F)(F)F)CC/C=C\CC(C(=O)O)N2.